The quantitative estimate of drug-likeness (QED) is 0.512. The van der Waals surface area contributed by atoms with E-state index in [-0.39, 0.29) is 0 Å². The van der Waals surface area contributed by atoms with Crippen molar-refractivity contribution in [3.05, 3.63) is 52.9 Å². The molecule has 1 heterocycles. The molecule has 2 aromatic rings. The van der Waals surface area contributed by atoms with Crippen molar-refractivity contribution in [1.82, 2.24) is 5.43 Å². The molecule has 0 atom stereocenters. The first-order valence-electron chi connectivity index (χ1n) is 5.98. The number of thiocarbonyl (C=S) groups is 1. The van der Waals surface area contributed by atoms with E-state index in [0.717, 1.165) is 11.3 Å². The van der Waals surface area contributed by atoms with Crippen LogP contribution in [0.4, 0.5) is 5.69 Å². The van der Waals surface area contributed by atoms with E-state index in [2.05, 4.69) is 15.8 Å². The fraction of sp³-hybridized carbons (Fsp3) is 0.143. The van der Waals surface area contributed by atoms with Crippen molar-refractivity contribution >= 4 is 40.3 Å². The molecular weight excluding hydrogens is 294 g/mol. The molecule has 0 aliphatic rings. The van der Waals surface area contributed by atoms with E-state index in [1.165, 1.54) is 0 Å². The maximum Gasteiger partial charge on any atom is 0.191 e. The van der Waals surface area contributed by atoms with E-state index in [9.17, 15) is 0 Å². The van der Waals surface area contributed by atoms with E-state index in [1.807, 2.05) is 38.1 Å². The summed E-state index contributed by atoms with van der Waals surface area (Å²) in [5.41, 5.74) is 5.26. The molecule has 20 heavy (non-hydrogen) atoms. The zero-order valence-corrected chi connectivity index (χ0v) is 12.7. The molecule has 4 nitrogen and oxygen atoms in total. The minimum Gasteiger partial charge on any atom is -0.463 e. The SMILES string of the molecule is C/C(=N\NC(=S)Nc1cccc(Cl)c1C)c1ccco1. The molecule has 0 spiro atoms. The Labute approximate surface area is 127 Å². The summed E-state index contributed by atoms with van der Waals surface area (Å²) < 4.78 is 5.23. The van der Waals surface area contributed by atoms with Gasteiger partial charge < -0.3 is 9.73 Å². The predicted octanol–water partition coefficient (Wildman–Crippen LogP) is 3.95. The summed E-state index contributed by atoms with van der Waals surface area (Å²) in [6, 6.07) is 9.23. The summed E-state index contributed by atoms with van der Waals surface area (Å²) in [5.74, 6) is 0.694. The lowest BCUT2D eigenvalue weighted by atomic mass is 10.2. The van der Waals surface area contributed by atoms with Gasteiger partial charge in [-0.3, -0.25) is 5.43 Å². The molecule has 0 aliphatic heterocycles. The number of benzene rings is 1. The zero-order valence-electron chi connectivity index (χ0n) is 11.1. The first-order chi connectivity index (χ1) is 9.58. The molecule has 0 fully saturated rings. The summed E-state index contributed by atoms with van der Waals surface area (Å²) >= 11 is 11.2. The first kappa shape index (κ1) is 14.6. The molecule has 0 unspecified atom stereocenters. The second-order valence-corrected chi connectivity index (χ2v) is 4.97. The number of hydrogen-bond acceptors (Lipinski definition) is 3. The zero-order chi connectivity index (χ0) is 14.5. The largest absolute Gasteiger partial charge is 0.463 e. The van der Waals surface area contributed by atoms with Crippen LogP contribution in [-0.2, 0) is 0 Å². The average Bonchev–Trinajstić information content (AvgIpc) is 2.95. The molecule has 0 bridgehead atoms. The number of anilines is 1. The molecule has 1 aromatic carbocycles. The van der Waals surface area contributed by atoms with Crippen LogP contribution >= 0.6 is 23.8 Å². The standard InChI is InChI=1S/C14H14ClN3OS/c1-9-11(15)5-3-6-12(9)16-14(20)18-17-10(2)13-7-4-8-19-13/h3-8H,1-2H3,(H2,16,18,20)/b17-10+. The summed E-state index contributed by atoms with van der Waals surface area (Å²) in [4.78, 5) is 0. The third kappa shape index (κ3) is 3.59. The number of halogens is 1. The van der Waals surface area contributed by atoms with Crippen molar-refractivity contribution in [3.8, 4) is 0 Å². The van der Waals surface area contributed by atoms with Gasteiger partial charge >= 0.3 is 0 Å². The maximum atomic E-state index is 6.05. The van der Waals surface area contributed by atoms with Gasteiger partial charge in [0.05, 0.1) is 6.26 Å². The van der Waals surface area contributed by atoms with Gasteiger partial charge in [0, 0.05) is 10.7 Å². The van der Waals surface area contributed by atoms with Crippen LogP contribution in [0.1, 0.15) is 18.2 Å². The van der Waals surface area contributed by atoms with Gasteiger partial charge in [-0.05, 0) is 55.9 Å². The van der Waals surface area contributed by atoms with Crippen LogP contribution in [0.2, 0.25) is 5.02 Å². The Morgan fingerprint density at radius 2 is 2.10 bits per heavy atom. The Balaban J connectivity index is 1.99. The van der Waals surface area contributed by atoms with Gasteiger partial charge in [0.25, 0.3) is 0 Å². The third-order valence-corrected chi connectivity index (χ3v) is 3.32. The van der Waals surface area contributed by atoms with E-state index < -0.39 is 0 Å². The third-order valence-electron chi connectivity index (χ3n) is 2.72. The minimum absolute atomic E-state index is 0.390. The number of rotatable bonds is 3. The summed E-state index contributed by atoms with van der Waals surface area (Å²) in [5, 5.41) is 8.28. The van der Waals surface area contributed by atoms with Gasteiger partial charge in [-0.1, -0.05) is 17.7 Å². The van der Waals surface area contributed by atoms with Gasteiger partial charge in [0.2, 0.25) is 0 Å². The molecule has 0 amide bonds. The molecular formula is C14H14ClN3OS. The van der Waals surface area contributed by atoms with Gasteiger partial charge in [-0.25, -0.2) is 0 Å². The van der Waals surface area contributed by atoms with Crippen LogP contribution < -0.4 is 10.7 Å². The Kier molecular flexibility index (Phi) is 4.76. The monoisotopic (exact) mass is 307 g/mol. The normalized spacial score (nSPS) is 11.2. The molecule has 2 rings (SSSR count). The van der Waals surface area contributed by atoms with Gasteiger partial charge in [-0.2, -0.15) is 5.10 Å². The lowest BCUT2D eigenvalue weighted by Gasteiger charge is -2.11. The van der Waals surface area contributed by atoms with Gasteiger partial charge in [-0.15, -0.1) is 0 Å². The smallest absolute Gasteiger partial charge is 0.191 e. The summed E-state index contributed by atoms with van der Waals surface area (Å²) in [6.07, 6.45) is 1.60. The highest BCUT2D eigenvalue weighted by Crippen LogP contribution is 2.22. The van der Waals surface area contributed by atoms with Crippen molar-refractivity contribution in [2.24, 2.45) is 5.10 Å². The highest BCUT2D eigenvalue weighted by atomic mass is 35.5. The number of hydrazone groups is 1. The van der Waals surface area contributed by atoms with Crippen LogP contribution in [0.15, 0.2) is 46.1 Å². The van der Waals surface area contributed by atoms with Crippen LogP contribution in [0, 0.1) is 6.92 Å². The second-order valence-electron chi connectivity index (χ2n) is 4.15. The molecule has 104 valence electrons. The molecule has 0 radical (unpaired) electrons. The summed E-state index contributed by atoms with van der Waals surface area (Å²) in [6.45, 7) is 3.75. The Morgan fingerprint density at radius 1 is 1.30 bits per heavy atom. The molecule has 2 N–H and O–H groups in total. The Morgan fingerprint density at radius 3 is 2.80 bits per heavy atom. The van der Waals surface area contributed by atoms with Gasteiger partial charge in [0.1, 0.15) is 11.5 Å². The van der Waals surface area contributed by atoms with Crippen LogP contribution in [0.5, 0.6) is 0 Å². The highest BCUT2D eigenvalue weighted by molar-refractivity contribution is 7.80. The average molecular weight is 308 g/mol. The molecule has 6 heteroatoms. The van der Waals surface area contributed by atoms with E-state index in [0.29, 0.717) is 21.6 Å². The lowest BCUT2D eigenvalue weighted by molar-refractivity contribution is 0.556. The molecule has 1 aromatic heterocycles. The number of nitrogens with one attached hydrogen (secondary N) is 2. The minimum atomic E-state index is 0.390. The van der Waals surface area contributed by atoms with Crippen LogP contribution in [-0.4, -0.2) is 10.8 Å². The Bertz CT molecular complexity index is 638. The van der Waals surface area contributed by atoms with E-state index in [1.54, 1.807) is 12.3 Å². The maximum absolute atomic E-state index is 6.05. The molecule has 0 aliphatic carbocycles. The highest BCUT2D eigenvalue weighted by Gasteiger charge is 2.04. The van der Waals surface area contributed by atoms with Crippen molar-refractivity contribution in [3.63, 3.8) is 0 Å². The van der Waals surface area contributed by atoms with E-state index >= 15 is 0 Å². The number of nitrogens with zero attached hydrogens (tertiary/aromatic N) is 1. The fourth-order valence-corrected chi connectivity index (χ4v) is 1.90. The predicted molar refractivity (Wildman–Crippen MR) is 86.5 cm³/mol. The molecule has 0 saturated heterocycles. The number of furan rings is 1. The summed E-state index contributed by atoms with van der Waals surface area (Å²) in [7, 11) is 0. The van der Waals surface area contributed by atoms with Crippen molar-refractivity contribution in [1.29, 1.82) is 0 Å². The van der Waals surface area contributed by atoms with Crippen molar-refractivity contribution < 1.29 is 4.42 Å². The number of hydrogen-bond donors (Lipinski definition) is 2. The topological polar surface area (TPSA) is 49.6 Å². The molecule has 0 saturated carbocycles. The van der Waals surface area contributed by atoms with Crippen LogP contribution in [0.25, 0.3) is 0 Å². The van der Waals surface area contributed by atoms with Crippen molar-refractivity contribution in [2.45, 2.75) is 13.8 Å². The van der Waals surface area contributed by atoms with Crippen molar-refractivity contribution in [2.75, 3.05) is 5.32 Å². The van der Waals surface area contributed by atoms with E-state index in [4.69, 9.17) is 28.2 Å². The lowest BCUT2D eigenvalue weighted by Crippen LogP contribution is -2.25. The Hall–Kier alpha value is -1.85. The van der Waals surface area contributed by atoms with Gasteiger partial charge in [0.15, 0.2) is 5.11 Å². The second kappa shape index (κ2) is 6.54. The first-order valence-corrected chi connectivity index (χ1v) is 6.77. The van der Waals surface area contributed by atoms with Crippen LogP contribution in [0.3, 0.4) is 0 Å². The fourth-order valence-electron chi connectivity index (χ4n) is 1.57.